The summed E-state index contributed by atoms with van der Waals surface area (Å²) in [6.45, 7) is 7.70. The number of fused-ring (bicyclic) bond motifs is 2. The number of carbonyl (C=O) groups excluding carboxylic acids is 1. The molecule has 2 aliphatic rings. The summed E-state index contributed by atoms with van der Waals surface area (Å²) in [6, 6.07) is 5.74. The zero-order valence-corrected chi connectivity index (χ0v) is 16.8. The van der Waals surface area contributed by atoms with E-state index >= 15 is 0 Å². The summed E-state index contributed by atoms with van der Waals surface area (Å²) in [7, 11) is 0. The molecule has 1 aromatic carbocycles. The highest BCUT2D eigenvalue weighted by molar-refractivity contribution is 6.30. The van der Waals surface area contributed by atoms with Crippen LogP contribution in [0.15, 0.2) is 18.2 Å². The quantitative estimate of drug-likeness (QED) is 0.732. The molecule has 2 aliphatic heterocycles. The molecular weight excluding hydrogens is 382 g/mol. The van der Waals surface area contributed by atoms with E-state index in [4.69, 9.17) is 25.8 Å². The van der Waals surface area contributed by atoms with Crippen LogP contribution in [0.5, 0.6) is 11.5 Å². The molecule has 28 heavy (non-hydrogen) atoms. The Kier molecular flexibility index (Phi) is 5.85. The normalized spacial score (nSPS) is 16.5. The van der Waals surface area contributed by atoms with E-state index < -0.39 is 0 Å². The van der Waals surface area contributed by atoms with Gasteiger partial charge in [-0.1, -0.05) is 18.5 Å². The topological polar surface area (TPSA) is 65.3 Å². The van der Waals surface area contributed by atoms with E-state index in [1.807, 2.05) is 30.0 Å². The fourth-order valence-electron chi connectivity index (χ4n) is 3.62. The smallest absolute Gasteiger partial charge is 0.231 e. The van der Waals surface area contributed by atoms with Crippen LogP contribution in [0, 0.1) is 0 Å². The van der Waals surface area contributed by atoms with Crippen molar-refractivity contribution in [1.29, 1.82) is 0 Å². The largest absolute Gasteiger partial charge is 0.454 e. The van der Waals surface area contributed by atoms with Crippen LogP contribution in [0.2, 0.25) is 5.15 Å². The molecule has 8 heteroatoms. The van der Waals surface area contributed by atoms with Crippen molar-refractivity contribution in [3.63, 3.8) is 0 Å². The van der Waals surface area contributed by atoms with Gasteiger partial charge in [-0.05, 0) is 12.1 Å². The first-order valence-electron chi connectivity index (χ1n) is 9.72. The van der Waals surface area contributed by atoms with E-state index in [9.17, 15) is 4.79 Å². The maximum atomic E-state index is 12.5. The van der Waals surface area contributed by atoms with Gasteiger partial charge < -0.3 is 24.0 Å². The number of hydrogen-bond donors (Lipinski definition) is 1. The van der Waals surface area contributed by atoms with Crippen molar-refractivity contribution in [3.05, 3.63) is 28.9 Å². The molecule has 2 aromatic rings. The van der Waals surface area contributed by atoms with Gasteiger partial charge in [-0.2, -0.15) is 0 Å². The van der Waals surface area contributed by atoms with E-state index in [0.717, 1.165) is 49.3 Å². The fraction of sp³-hybridized carbons (Fsp3) is 0.500. The van der Waals surface area contributed by atoms with Crippen molar-refractivity contribution < 1.29 is 23.9 Å². The fourth-order valence-corrected chi connectivity index (χ4v) is 3.82. The maximum absolute atomic E-state index is 12.5. The maximum Gasteiger partial charge on any atom is 0.231 e. The molecule has 1 amide bonds. The van der Waals surface area contributed by atoms with Crippen LogP contribution >= 0.6 is 11.6 Å². The number of pyridine rings is 1. The standard InChI is InChI=1S/C20H24ClN3O4/c1-2-19(25)24(4-3-23-5-7-26-8-6-23)12-15-9-14-10-17-18(28-13-27-17)11-16(14)22-20(15)21/h9-11H,2-8,12-13H2,1H3/p+1. The Morgan fingerprint density at radius 3 is 2.71 bits per heavy atom. The van der Waals surface area contributed by atoms with E-state index in [-0.39, 0.29) is 12.7 Å². The molecule has 3 heterocycles. The van der Waals surface area contributed by atoms with E-state index in [1.165, 1.54) is 4.90 Å². The van der Waals surface area contributed by atoms with Gasteiger partial charge in [0.15, 0.2) is 11.5 Å². The Hall–Kier alpha value is -2.09. The predicted octanol–water partition coefficient (Wildman–Crippen LogP) is 1.27. The number of rotatable bonds is 6. The van der Waals surface area contributed by atoms with Crippen molar-refractivity contribution in [2.24, 2.45) is 0 Å². The second kappa shape index (κ2) is 8.51. The number of halogens is 1. The minimum absolute atomic E-state index is 0.120. The first kappa shape index (κ1) is 19.2. The summed E-state index contributed by atoms with van der Waals surface area (Å²) < 4.78 is 16.3. The zero-order valence-electron chi connectivity index (χ0n) is 16.0. The second-order valence-electron chi connectivity index (χ2n) is 7.12. The highest BCUT2D eigenvalue weighted by Crippen LogP contribution is 2.36. The minimum atomic E-state index is 0.120. The van der Waals surface area contributed by atoms with Crippen molar-refractivity contribution >= 4 is 28.4 Å². The number of nitrogens with one attached hydrogen (secondary N) is 1. The van der Waals surface area contributed by atoms with Crippen LogP contribution in [-0.2, 0) is 16.1 Å². The van der Waals surface area contributed by atoms with E-state index in [2.05, 4.69) is 4.98 Å². The number of morpholine rings is 1. The molecule has 0 radical (unpaired) electrons. The third-order valence-corrected chi connectivity index (χ3v) is 5.61. The molecule has 0 unspecified atom stereocenters. The first-order chi connectivity index (χ1) is 13.6. The molecule has 1 fully saturated rings. The van der Waals surface area contributed by atoms with Gasteiger partial charge in [-0.3, -0.25) is 4.79 Å². The number of nitrogens with zero attached hydrogens (tertiary/aromatic N) is 2. The molecular formula is C20H25ClN3O4+. The average molecular weight is 407 g/mol. The van der Waals surface area contributed by atoms with Crippen LogP contribution in [0.4, 0.5) is 0 Å². The molecule has 0 bridgehead atoms. The van der Waals surface area contributed by atoms with Gasteiger partial charge >= 0.3 is 0 Å². The first-order valence-corrected chi connectivity index (χ1v) is 10.1. The number of ether oxygens (including phenoxy) is 3. The lowest BCUT2D eigenvalue weighted by atomic mass is 10.1. The van der Waals surface area contributed by atoms with Crippen LogP contribution in [-0.4, -0.2) is 62.0 Å². The summed E-state index contributed by atoms with van der Waals surface area (Å²) in [5.41, 5.74) is 1.59. The number of hydrogen-bond acceptors (Lipinski definition) is 5. The number of carbonyl (C=O) groups is 1. The Morgan fingerprint density at radius 1 is 1.21 bits per heavy atom. The lowest BCUT2D eigenvalue weighted by Crippen LogP contribution is -3.14. The van der Waals surface area contributed by atoms with Crippen molar-refractivity contribution in [2.75, 3.05) is 46.2 Å². The molecule has 0 saturated carbocycles. The third kappa shape index (κ3) is 4.16. The molecule has 7 nitrogen and oxygen atoms in total. The van der Waals surface area contributed by atoms with Crippen LogP contribution < -0.4 is 14.4 Å². The summed E-state index contributed by atoms with van der Waals surface area (Å²) in [5, 5.41) is 1.34. The minimum Gasteiger partial charge on any atom is -0.454 e. The molecule has 1 N–H and O–H groups in total. The molecule has 4 rings (SSSR count). The van der Waals surface area contributed by atoms with Crippen LogP contribution in [0.25, 0.3) is 10.9 Å². The lowest BCUT2D eigenvalue weighted by Gasteiger charge is -2.28. The summed E-state index contributed by atoms with van der Waals surface area (Å²) >= 11 is 6.45. The highest BCUT2D eigenvalue weighted by atomic mass is 35.5. The Balaban J connectivity index is 1.53. The van der Waals surface area contributed by atoms with Gasteiger partial charge in [0.25, 0.3) is 0 Å². The van der Waals surface area contributed by atoms with Gasteiger partial charge in [-0.15, -0.1) is 0 Å². The predicted molar refractivity (Wildman–Crippen MR) is 105 cm³/mol. The van der Waals surface area contributed by atoms with Gasteiger partial charge in [0.05, 0.1) is 31.8 Å². The molecule has 150 valence electrons. The second-order valence-corrected chi connectivity index (χ2v) is 7.48. The van der Waals surface area contributed by atoms with E-state index in [0.29, 0.717) is 36.2 Å². The molecule has 0 aliphatic carbocycles. The van der Waals surface area contributed by atoms with Crippen LogP contribution in [0.3, 0.4) is 0 Å². The van der Waals surface area contributed by atoms with Crippen molar-refractivity contribution in [1.82, 2.24) is 9.88 Å². The summed E-state index contributed by atoms with van der Waals surface area (Å²) in [4.78, 5) is 20.4. The monoisotopic (exact) mass is 406 g/mol. The number of aromatic nitrogens is 1. The summed E-state index contributed by atoms with van der Waals surface area (Å²) in [6.07, 6.45) is 0.468. The number of benzene rings is 1. The van der Waals surface area contributed by atoms with Gasteiger partial charge in [0.1, 0.15) is 18.2 Å². The molecule has 0 atom stereocenters. The lowest BCUT2D eigenvalue weighted by molar-refractivity contribution is -0.907. The number of quaternary nitrogens is 1. The van der Waals surface area contributed by atoms with Gasteiger partial charge in [0.2, 0.25) is 12.7 Å². The summed E-state index contributed by atoms with van der Waals surface area (Å²) in [5.74, 6) is 1.51. The Morgan fingerprint density at radius 2 is 1.96 bits per heavy atom. The zero-order chi connectivity index (χ0) is 19.5. The SMILES string of the molecule is CCC(=O)N(CC[NH+]1CCOCC1)Cc1cc2cc3c(cc2nc1Cl)OCO3. The van der Waals surface area contributed by atoms with Crippen molar-refractivity contribution in [3.8, 4) is 11.5 Å². The number of amides is 1. The Bertz CT molecular complexity index is 870. The Labute approximate surface area is 169 Å². The van der Waals surface area contributed by atoms with Crippen molar-refractivity contribution in [2.45, 2.75) is 19.9 Å². The van der Waals surface area contributed by atoms with Crippen LogP contribution in [0.1, 0.15) is 18.9 Å². The molecule has 0 spiro atoms. The molecule has 1 saturated heterocycles. The highest BCUT2D eigenvalue weighted by Gasteiger charge is 2.21. The van der Waals surface area contributed by atoms with E-state index in [1.54, 1.807) is 0 Å². The third-order valence-electron chi connectivity index (χ3n) is 5.29. The average Bonchev–Trinajstić information content (AvgIpc) is 3.17. The van der Waals surface area contributed by atoms with Gasteiger partial charge in [-0.25, -0.2) is 4.98 Å². The molecule has 1 aromatic heterocycles. The van der Waals surface area contributed by atoms with Gasteiger partial charge in [0, 0.05) is 30.0 Å².